The lowest BCUT2D eigenvalue weighted by atomic mass is 9.95. The van der Waals surface area contributed by atoms with Crippen LogP contribution in [0, 0.1) is 26.0 Å². The lowest BCUT2D eigenvalue weighted by molar-refractivity contribution is -0.396. The van der Waals surface area contributed by atoms with Crippen molar-refractivity contribution in [3.05, 3.63) is 43.7 Å². The molecule has 1 aromatic rings. The van der Waals surface area contributed by atoms with Crippen LogP contribution in [-0.2, 0) is 19.1 Å². The number of hydrogen-bond acceptors (Lipinski definition) is 8. The molecule has 0 aromatic heterocycles. The predicted molar refractivity (Wildman–Crippen MR) is 66.5 cm³/mol. The van der Waals surface area contributed by atoms with Gasteiger partial charge in [-0.05, 0) is 0 Å². The fourth-order valence-corrected chi connectivity index (χ4v) is 1.76. The van der Waals surface area contributed by atoms with Gasteiger partial charge < -0.3 is 9.47 Å². The van der Waals surface area contributed by atoms with Crippen LogP contribution in [0.3, 0.4) is 0 Å². The van der Waals surface area contributed by atoms with Crippen molar-refractivity contribution in [2.75, 3.05) is 14.2 Å². The Morgan fingerprint density at radius 1 is 1.05 bits per heavy atom. The fraction of sp³-hybridized carbons (Fsp3) is 0.273. The third-order valence-corrected chi connectivity index (χ3v) is 2.66. The number of rotatable bonds is 5. The molecule has 0 N–H and O–H groups in total. The SMILES string of the molecule is COC(=O)C(C(=O)OC)c1c([N+](=O)[O-])cc(F)cc1[N+](=O)[O-]. The molecule has 0 unspecified atom stereocenters. The third kappa shape index (κ3) is 3.13. The predicted octanol–water partition coefficient (Wildman–Crippen LogP) is 1.07. The Bertz CT molecular complexity index is 608. The lowest BCUT2D eigenvalue weighted by Gasteiger charge is -2.13. The molecule has 0 aliphatic rings. The second kappa shape index (κ2) is 6.56. The minimum Gasteiger partial charge on any atom is -0.468 e. The second-order valence-corrected chi connectivity index (χ2v) is 3.85. The number of esters is 2. The maximum atomic E-state index is 13.3. The van der Waals surface area contributed by atoms with Gasteiger partial charge in [0.05, 0.1) is 36.2 Å². The first kappa shape index (κ1) is 16.9. The maximum Gasteiger partial charge on any atom is 0.325 e. The van der Waals surface area contributed by atoms with Crippen molar-refractivity contribution in [2.45, 2.75) is 5.92 Å². The highest BCUT2D eigenvalue weighted by atomic mass is 19.1. The highest BCUT2D eigenvalue weighted by Crippen LogP contribution is 2.37. The van der Waals surface area contributed by atoms with Crippen LogP contribution in [0.15, 0.2) is 12.1 Å². The minimum absolute atomic E-state index is 0.362. The standard InChI is InChI=1S/C11H9FN2O8/c1-21-10(15)9(11(16)22-2)8-6(13(17)18)3-5(12)4-7(8)14(19)20/h3-4,9H,1-2H3. The molecule has 10 nitrogen and oxygen atoms in total. The van der Waals surface area contributed by atoms with E-state index in [2.05, 4.69) is 9.47 Å². The van der Waals surface area contributed by atoms with Crippen molar-refractivity contribution in [1.29, 1.82) is 0 Å². The topological polar surface area (TPSA) is 139 Å². The number of hydrogen-bond donors (Lipinski definition) is 0. The molecule has 118 valence electrons. The molecule has 1 rings (SSSR count). The Morgan fingerprint density at radius 2 is 1.41 bits per heavy atom. The van der Waals surface area contributed by atoms with Gasteiger partial charge in [0.2, 0.25) is 0 Å². The van der Waals surface area contributed by atoms with E-state index in [0.717, 1.165) is 14.2 Å². The highest BCUT2D eigenvalue weighted by Gasteiger charge is 2.42. The summed E-state index contributed by atoms with van der Waals surface area (Å²) in [6, 6.07) is 0.725. The van der Waals surface area contributed by atoms with Gasteiger partial charge in [0, 0.05) is 0 Å². The van der Waals surface area contributed by atoms with Gasteiger partial charge in [0.25, 0.3) is 11.4 Å². The molecule has 0 aliphatic heterocycles. The van der Waals surface area contributed by atoms with Crippen LogP contribution in [0.25, 0.3) is 0 Å². The molecule has 0 saturated heterocycles. The van der Waals surface area contributed by atoms with Crippen molar-refractivity contribution < 1.29 is 33.3 Å². The molecule has 0 amide bonds. The number of benzene rings is 1. The molecule has 0 aliphatic carbocycles. The molecule has 0 bridgehead atoms. The number of carbonyl (C=O) groups is 2. The van der Waals surface area contributed by atoms with Gasteiger partial charge in [-0.25, -0.2) is 4.39 Å². The monoisotopic (exact) mass is 316 g/mol. The number of nitro benzene ring substituents is 2. The van der Waals surface area contributed by atoms with Crippen molar-refractivity contribution in [1.82, 2.24) is 0 Å². The number of nitro groups is 2. The minimum atomic E-state index is -2.09. The Hall–Kier alpha value is -3.11. The Labute approximate surface area is 121 Å². The zero-order valence-electron chi connectivity index (χ0n) is 11.3. The molecular weight excluding hydrogens is 307 g/mol. The average molecular weight is 316 g/mol. The van der Waals surface area contributed by atoms with E-state index >= 15 is 0 Å². The first-order valence-electron chi connectivity index (χ1n) is 5.52. The van der Waals surface area contributed by atoms with E-state index < -0.39 is 50.5 Å². The van der Waals surface area contributed by atoms with E-state index in [-0.39, 0.29) is 0 Å². The van der Waals surface area contributed by atoms with Crippen LogP contribution in [0.1, 0.15) is 11.5 Å². The Kier molecular flexibility index (Phi) is 5.05. The maximum absolute atomic E-state index is 13.3. The van der Waals surface area contributed by atoms with E-state index in [1.807, 2.05) is 0 Å². The van der Waals surface area contributed by atoms with Crippen LogP contribution in [0.4, 0.5) is 15.8 Å². The zero-order valence-corrected chi connectivity index (χ0v) is 11.3. The largest absolute Gasteiger partial charge is 0.468 e. The molecule has 11 heteroatoms. The molecule has 22 heavy (non-hydrogen) atoms. The van der Waals surface area contributed by atoms with E-state index in [1.165, 1.54) is 0 Å². The van der Waals surface area contributed by atoms with E-state index in [4.69, 9.17) is 0 Å². The summed E-state index contributed by atoms with van der Waals surface area (Å²) in [5.41, 5.74) is -3.12. The number of ether oxygens (including phenoxy) is 2. The van der Waals surface area contributed by atoms with E-state index in [1.54, 1.807) is 0 Å². The average Bonchev–Trinajstić information content (AvgIpc) is 2.47. The fourth-order valence-electron chi connectivity index (χ4n) is 1.76. The molecule has 1 aromatic carbocycles. The first-order valence-corrected chi connectivity index (χ1v) is 5.52. The van der Waals surface area contributed by atoms with Crippen LogP contribution < -0.4 is 0 Å². The molecule has 0 saturated carbocycles. The van der Waals surface area contributed by atoms with Gasteiger partial charge >= 0.3 is 11.9 Å². The van der Waals surface area contributed by atoms with Gasteiger partial charge in [-0.15, -0.1) is 0 Å². The summed E-state index contributed by atoms with van der Waals surface area (Å²) in [4.78, 5) is 43.0. The van der Waals surface area contributed by atoms with Crippen LogP contribution >= 0.6 is 0 Å². The number of halogens is 1. The van der Waals surface area contributed by atoms with Crippen LogP contribution in [-0.4, -0.2) is 36.0 Å². The molecular formula is C11H9FN2O8. The van der Waals surface area contributed by atoms with Gasteiger partial charge in [0.15, 0.2) is 5.92 Å². The summed E-state index contributed by atoms with van der Waals surface area (Å²) in [5, 5.41) is 22.0. The molecule has 0 radical (unpaired) electrons. The van der Waals surface area contributed by atoms with Gasteiger partial charge in [-0.2, -0.15) is 0 Å². The van der Waals surface area contributed by atoms with E-state index in [9.17, 15) is 34.2 Å². The molecule has 0 atom stereocenters. The second-order valence-electron chi connectivity index (χ2n) is 3.85. The first-order chi connectivity index (χ1) is 10.2. The van der Waals surface area contributed by atoms with Crippen LogP contribution in [0.5, 0.6) is 0 Å². The highest BCUT2D eigenvalue weighted by molar-refractivity contribution is 6.02. The summed E-state index contributed by atoms with van der Waals surface area (Å²) in [6.07, 6.45) is 0. The van der Waals surface area contributed by atoms with Crippen molar-refractivity contribution >= 4 is 23.3 Å². The summed E-state index contributed by atoms with van der Waals surface area (Å²) < 4.78 is 21.9. The van der Waals surface area contributed by atoms with Gasteiger partial charge in [0.1, 0.15) is 11.4 Å². The normalized spacial score (nSPS) is 10.2. The summed E-state index contributed by atoms with van der Waals surface area (Å²) >= 11 is 0. The van der Waals surface area contributed by atoms with Crippen molar-refractivity contribution in [3.8, 4) is 0 Å². The number of nitrogens with zero attached hydrogens (tertiary/aromatic N) is 2. The molecule has 0 heterocycles. The Morgan fingerprint density at radius 3 is 1.68 bits per heavy atom. The number of methoxy groups -OCH3 is 2. The van der Waals surface area contributed by atoms with Crippen molar-refractivity contribution in [2.24, 2.45) is 0 Å². The smallest absolute Gasteiger partial charge is 0.325 e. The summed E-state index contributed by atoms with van der Waals surface area (Å²) in [6.45, 7) is 0. The Balaban J connectivity index is 3.79. The van der Waals surface area contributed by atoms with Crippen molar-refractivity contribution in [3.63, 3.8) is 0 Å². The lowest BCUT2D eigenvalue weighted by Crippen LogP contribution is -2.26. The van der Waals surface area contributed by atoms with E-state index in [0.29, 0.717) is 12.1 Å². The quantitative estimate of drug-likeness (QED) is 0.340. The van der Waals surface area contributed by atoms with Gasteiger partial charge in [-0.1, -0.05) is 0 Å². The molecule has 0 fully saturated rings. The molecule has 0 spiro atoms. The summed E-state index contributed by atoms with van der Waals surface area (Å²) in [5.74, 6) is -5.98. The summed E-state index contributed by atoms with van der Waals surface area (Å²) in [7, 11) is 1.75. The van der Waals surface area contributed by atoms with Crippen LogP contribution in [0.2, 0.25) is 0 Å². The third-order valence-electron chi connectivity index (χ3n) is 2.66. The number of carbonyl (C=O) groups excluding carboxylic acids is 2. The zero-order chi connectivity index (χ0) is 17.0. The van der Waals surface area contributed by atoms with Gasteiger partial charge in [-0.3, -0.25) is 29.8 Å².